The molecular formula is C24H24O6. The first-order valence-electron chi connectivity index (χ1n) is 9.86. The van der Waals surface area contributed by atoms with Gasteiger partial charge in [0.25, 0.3) is 0 Å². The van der Waals surface area contributed by atoms with E-state index in [1.54, 1.807) is 6.07 Å². The molecular weight excluding hydrogens is 384 g/mol. The summed E-state index contributed by atoms with van der Waals surface area (Å²) in [6.07, 6.45) is 0.784. The summed E-state index contributed by atoms with van der Waals surface area (Å²) in [6, 6.07) is 10.8. The van der Waals surface area contributed by atoms with Crippen LogP contribution in [0.2, 0.25) is 0 Å². The second-order valence-electron chi connectivity index (χ2n) is 8.21. The van der Waals surface area contributed by atoms with E-state index in [9.17, 15) is 9.59 Å². The van der Waals surface area contributed by atoms with Crippen molar-refractivity contribution >= 4 is 16.9 Å². The van der Waals surface area contributed by atoms with Crippen molar-refractivity contribution in [3.8, 4) is 11.5 Å². The van der Waals surface area contributed by atoms with Crippen molar-refractivity contribution in [3.05, 3.63) is 69.1 Å². The van der Waals surface area contributed by atoms with E-state index in [-0.39, 0.29) is 18.8 Å². The van der Waals surface area contributed by atoms with Crippen molar-refractivity contribution in [2.24, 2.45) is 0 Å². The minimum Gasteiger partial charge on any atom is -0.483 e. The van der Waals surface area contributed by atoms with Crippen LogP contribution in [-0.4, -0.2) is 18.2 Å². The second-order valence-corrected chi connectivity index (χ2v) is 8.21. The highest BCUT2D eigenvalue weighted by Gasteiger charge is 2.32. The van der Waals surface area contributed by atoms with Crippen LogP contribution in [0, 0.1) is 13.8 Å². The molecule has 0 unspecified atom stereocenters. The molecule has 0 radical (unpaired) electrons. The lowest BCUT2D eigenvalue weighted by Crippen LogP contribution is -2.24. The summed E-state index contributed by atoms with van der Waals surface area (Å²) in [5, 5.41) is 0.753. The number of ether oxygens (including phenoxy) is 3. The normalized spacial score (nSPS) is 14.3. The fraction of sp³-hybridized carbons (Fsp3) is 0.333. The Bertz CT molecular complexity index is 1190. The molecule has 0 saturated heterocycles. The van der Waals surface area contributed by atoms with Crippen LogP contribution < -0.4 is 15.1 Å². The molecule has 1 aromatic heterocycles. The number of esters is 1. The summed E-state index contributed by atoms with van der Waals surface area (Å²) in [4.78, 5) is 24.2. The van der Waals surface area contributed by atoms with Gasteiger partial charge in [-0.05, 0) is 44.9 Å². The monoisotopic (exact) mass is 408 g/mol. The predicted octanol–water partition coefficient (Wildman–Crippen LogP) is 4.25. The Morgan fingerprint density at radius 2 is 1.97 bits per heavy atom. The van der Waals surface area contributed by atoms with E-state index in [0.717, 1.165) is 28.5 Å². The first-order chi connectivity index (χ1) is 14.2. The zero-order valence-electron chi connectivity index (χ0n) is 17.5. The van der Waals surface area contributed by atoms with Crippen LogP contribution in [-0.2, 0) is 22.6 Å². The molecule has 2 heterocycles. The molecule has 0 spiro atoms. The Hall–Kier alpha value is -3.28. The van der Waals surface area contributed by atoms with Gasteiger partial charge in [-0.3, -0.25) is 0 Å². The number of rotatable bonds is 5. The molecule has 0 N–H and O–H groups in total. The van der Waals surface area contributed by atoms with E-state index in [1.807, 2.05) is 52.0 Å². The summed E-state index contributed by atoms with van der Waals surface area (Å²) in [6.45, 7) is 7.57. The number of carbonyl (C=O) groups is 1. The topological polar surface area (TPSA) is 75.0 Å². The number of para-hydroxylation sites is 1. The lowest BCUT2D eigenvalue weighted by atomic mass is 10.0. The quantitative estimate of drug-likeness (QED) is 0.464. The molecule has 156 valence electrons. The number of fused-ring (bicyclic) bond motifs is 2. The Morgan fingerprint density at radius 1 is 1.17 bits per heavy atom. The summed E-state index contributed by atoms with van der Waals surface area (Å²) in [5.74, 6) is 0.662. The molecule has 4 rings (SSSR count). The van der Waals surface area contributed by atoms with Gasteiger partial charge in [0.1, 0.15) is 17.8 Å². The van der Waals surface area contributed by atoms with Gasteiger partial charge in [-0.2, -0.15) is 0 Å². The fourth-order valence-electron chi connectivity index (χ4n) is 3.68. The maximum Gasteiger partial charge on any atom is 0.344 e. The van der Waals surface area contributed by atoms with Gasteiger partial charge in [0.05, 0.1) is 0 Å². The van der Waals surface area contributed by atoms with Crippen molar-refractivity contribution in [2.75, 3.05) is 6.61 Å². The van der Waals surface area contributed by atoms with Crippen LogP contribution in [0.1, 0.15) is 36.1 Å². The number of hydrogen-bond donors (Lipinski definition) is 0. The highest BCUT2D eigenvalue weighted by atomic mass is 16.6. The summed E-state index contributed by atoms with van der Waals surface area (Å²) >= 11 is 0. The third kappa shape index (κ3) is 3.90. The van der Waals surface area contributed by atoms with E-state index in [1.165, 1.54) is 6.07 Å². The Labute approximate surface area is 174 Å². The zero-order valence-corrected chi connectivity index (χ0v) is 17.5. The largest absolute Gasteiger partial charge is 0.483 e. The Morgan fingerprint density at radius 3 is 2.77 bits per heavy atom. The van der Waals surface area contributed by atoms with E-state index in [4.69, 9.17) is 18.6 Å². The standard InChI is InChI=1S/C24H24O6/c1-14-8-9-18-17(10-20(25)29-22(18)15(14)2)12-28-21(26)13-27-19-7-5-6-16-11-24(3,4)30-23(16)19/h5-10H,11-13H2,1-4H3. The molecule has 6 heteroatoms. The molecule has 0 fully saturated rings. The maximum absolute atomic E-state index is 12.3. The zero-order chi connectivity index (χ0) is 21.5. The average molecular weight is 408 g/mol. The van der Waals surface area contributed by atoms with Gasteiger partial charge in [-0.15, -0.1) is 0 Å². The van der Waals surface area contributed by atoms with Crippen molar-refractivity contribution < 1.29 is 23.4 Å². The van der Waals surface area contributed by atoms with E-state index >= 15 is 0 Å². The van der Waals surface area contributed by atoms with E-state index in [0.29, 0.717) is 22.6 Å². The van der Waals surface area contributed by atoms with Gasteiger partial charge in [-0.1, -0.05) is 24.3 Å². The molecule has 0 atom stereocenters. The lowest BCUT2D eigenvalue weighted by Gasteiger charge is -2.18. The summed E-state index contributed by atoms with van der Waals surface area (Å²) in [5.41, 5.74) is 3.31. The molecule has 0 amide bonds. The molecule has 2 aromatic carbocycles. The van der Waals surface area contributed by atoms with E-state index in [2.05, 4.69) is 0 Å². The Kier molecular flexibility index (Phi) is 5.02. The first-order valence-corrected chi connectivity index (χ1v) is 9.86. The Balaban J connectivity index is 1.44. The molecule has 1 aliphatic heterocycles. The SMILES string of the molecule is Cc1ccc2c(COC(=O)COc3cccc4c3OC(C)(C)C4)cc(=O)oc2c1C. The molecule has 30 heavy (non-hydrogen) atoms. The van der Waals surface area contributed by atoms with Crippen LogP contribution >= 0.6 is 0 Å². The fourth-order valence-corrected chi connectivity index (χ4v) is 3.68. The molecule has 0 aliphatic carbocycles. The van der Waals surface area contributed by atoms with Gasteiger partial charge in [0, 0.05) is 29.0 Å². The summed E-state index contributed by atoms with van der Waals surface area (Å²) in [7, 11) is 0. The van der Waals surface area contributed by atoms with Crippen LogP contribution in [0.25, 0.3) is 11.0 Å². The number of aryl methyl sites for hydroxylation is 2. The van der Waals surface area contributed by atoms with E-state index < -0.39 is 11.6 Å². The predicted molar refractivity (Wildman–Crippen MR) is 112 cm³/mol. The molecule has 6 nitrogen and oxygen atoms in total. The van der Waals surface area contributed by atoms with Gasteiger partial charge in [0.15, 0.2) is 18.1 Å². The van der Waals surface area contributed by atoms with Crippen molar-refractivity contribution in [3.63, 3.8) is 0 Å². The number of carbonyl (C=O) groups excluding carboxylic acids is 1. The van der Waals surface area contributed by atoms with Gasteiger partial charge >= 0.3 is 11.6 Å². The number of hydrogen-bond acceptors (Lipinski definition) is 6. The maximum atomic E-state index is 12.3. The van der Waals surface area contributed by atoms with Crippen LogP contribution in [0.15, 0.2) is 45.6 Å². The smallest absolute Gasteiger partial charge is 0.344 e. The first kappa shape index (κ1) is 20.0. The lowest BCUT2D eigenvalue weighted by molar-refractivity contribution is -0.147. The number of benzene rings is 2. The minimum atomic E-state index is -0.532. The van der Waals surface area contributed by atoms with Crippen molar-refractivity contribution in [1.29, 1.82) is 0 Å². The minimum absolute atomic E-state index is 0.0385. The second kappa shape index (κ2) is 7.52. The highest BCUT2D eigenvalue weighted by molar-refractivity contribution is 5.84. The van der Waals surface area contributed by atoms with Crippen LogP contribution in [0.3, 0.4) is 0 Å². The van der Waals surface area contributed by atoms with Crippen molar-refractivity contribution in [2.45, 2.75) is 46.3 Å². The molecule has 3 aromatic rings. The molecule has 0 bridgehead atoms. The average Bonchev–Trinajstić information content (AvgIpc) is 3.02. The van der Waals surface area contributed by atoms with Crippen LogP contribution in [0.4, 0.5) is 0 Å². The van der Waals surface area contributed by atoms with Gasteiger partial charge < -0.3 is 18.6 Å². The third-order valence-corrected chi connectivity index (χ3v) is 5.31. The summed E-state index contributed by atoms with van der Waals surface area (Å²) < 4.78 is 22.3. The highest BCUT2D eigenvalue weighted by Crippen LogP contribution is 2.41. The molecule has 0 saturated carbocycles. The van der Waals surface area contributed by atoms with Gasteiger partial charge in [0.2, 0.25) is 0 Å². The third-order valence-electron chi connectivity index (χ3n) is 5.31. The van der Waals surface area contributed by atoms with Gasteiger partial charge in [-0.25, -0.2) is 9.59 Å². The van der Waals surface area contributed by atoms with Crippen LogP contribution in [0.5, 0.6) is 11.5 Å². The van der Waals surface area contributed by atoms with Crippen molar-refractivity contribution in [1.82, 2.24) is 0 Å². The molecule has 1 aliphatic rings.